The van der Waals surface area contributed by atoms with Gasteiger partial charge in [0.1, 0.15) is 5.75 Å². The van der Waals surface area contributed by atoms with Crippen molar-refractivity contribution in [3.63, 3.8) is 0 Å². The van der Waals surface area contributed by atoms with Crippen LogP contribution in [-0.2, 0) is 6.42 Å². The fourth-order valence-electron chi connectivity index (χ4n) is 1.55. The summed E-state index contributed by atoms with van der Waals surface area (Å²) in [5, 5.41) is 13.1. The molecule has 0 amide bonds. The number of ether oxygens (including phenoxy) is 2. The third-order valence-electron chi connectivity index (χ3n) is 2.31. The molecule has 0 saturated heterocycles. The van der Waals surface area contributed by atoms with Gasteiger partial charge in [0, 0.05) is 11.6 Å². The first kappa shape index (κ1) is 10.4. The number of aromatic hydroxyl groups is 1. The van der Waals surface area contributed by atoms with Crippen LogP contribution in [0.4, 0.5) is 0 Å². The second-order valence-corrected chi connectivity index (χ2v) is 3.68. The van der Waals surface area contributed by atoms with Gasteiger partial charge < -0.3 is 19.9 Å². The van der Waals surface area contributed by atoms with Gasteiger partial charge >= 0.3 is 0 Å². The van der Waals surface area contributed by atoms with Crippen LogP contribution in [0.5, 0.6) is 17.2 Å². The number of benzene rings is 1. The zero-order chi connectivity index (χ0) is 10.8. The van der Waals surface area contributed by atoms with Crippen molar-refractivity contribution < 1.29 is 14.6 Å². The van der Waals surface area contributed by atoms with Crippen molar-refractivity contribution >= 4 is 11.6 Å². The molecule has 0 spiro atoms. The van der Waals surface area contributed by atoms with E-state index in [2.05, 4.69) is 5.32 Å². The van der Waals surface area contributed by atoms with Crippen molar-refractivity contribution in [3.05, 3.63) is 16.7 Å². The summed E-state index contributed by atoms with van der Waals surface area (Å²) in [6, 6.07) is 1.57. The highest BCUT2D eigenvalue weighted by molar-refractivity contribution is 6.32. The van der Waals surface area contributed by atoms with E-state index >= 15 is 0 Å². The van der Waals surface area contributed by atoms with Crippen LogP contribution in [-0.4, -0.2) is 25.5 Å². The molecule has 1 aliphatic rings. The summed E-state index contributed by atoms with van der Waals surface area (Å²) in [5.74, 6) is 1.28. The summed E-state index contributed by atoms with van der Waals surface area (Å²) in [6.45, 7) is 0.922. The Kier molecular flexibility index (Phi) is 2.88. The van der Waals surface area contributed by atoms with Crippen LogP contribution in [0.2, 0.25) is 5.02 Å². The first-order valence-electron chi connectivity index (χ1n) is 4.68. The van der Waals surface area contributed by atoms with Crippen molar-refractivity contribution in [2.45, 2.75) is 6.42 Å². The number of hydrogen-bond donors (Lipinski definition) is 2. The van der Waals surface area contributed by atoms with Gasteiger partial charge in [-0.1, -0.05) is 11.6 Å². The number of rotatable bonds is 3. The van der Waals surface area contributed by atoms with Crippen molar-refractivity contribution in [3.8, 4) is 17.2 Å². The maximum Gasteiger partial charge on any atom is 0.231 e. The number of phenols is 1. The van der Waals surface area contributed by atoms with E-state index < -0.39 is 0 Å². The van der Waals surface area contributed by atoms with Gasteiger partial charge in [0.05, 0.1) is 5.02 Å². The molecule has 0 aliphatic carbocycles. The SMILES string of the molecule is CNCCc1c(O)c(Cl)cc2c1OCO2. The zero-order valence-corrected chi connectivity index (χ0v) is 9.10. The summed E-state index contributed by atoms with van der Waals surface area (Å²) < 4.78 is 10.5. The number of fused-ring (bicyclic) bond motifs is 1. The normalized spacial score (nSPS) is 13.2. The Labute approximate surface area is 92.8 Å². The van der Waals surface area contributed by atoms with E-state index in [0.29, 0.717) is 28.5 Å². The maximum atomic E-state index is 9.79. The molecule has 0 fully saturated rings. The third-order valence-corrected chi connectivity index (χ3v) is 2.60. The summed E-state index contributed by atoms with van der Waals surface area (Å²) in [4.78, 5) is 0. The lowest BCUT2D eigenvalue weighted by Crippen LogP contribution is -2.10. The van der Waals surface area contributed by atoms with E-state index in [9.17, 15) is 5.11 Å². The molecule has 1 aromatic carbocycles. The standard InChI is InChI=1S/C10H12ClNO3/c1-12-3-2-6-9(13)7(11)4-8-10(6)15-5-14-8/h4,12-13H,2-3,5H2,1H3. The topological polar surface area (TPSA) is 50.7 Å². The second-order valence-electron chi connectivity index (χ2n) is 3.27. The third kappa shape index (κ3) is 1.82. The van der Waals surface area contributed by atoms with Gasteiger partial charge in [0.25, 0.3) is 0 Å². The van der Waals surface area contributed by atoms with Crippen LogP contribution in [0.15, 0.2) is 6.07 Å². The quantitative estimate of drug-likeness (QED) is 0.826. The molecule has 82 valence electrons. The molecule has 0 radical (unpaired) electrons. The highest BCUT2D eigenvalue weighted by Crippen LogP contribution is 2.44. The maximum absolute atomic E-state index is 9.79. The lowest BCUT2D eigenvalue weighted by atomic mass is 10.1. The Balaban J connectivity index is 2.41. The van der Waals surface area contributed by atoms with Crippen LogP contribution in [0.25, 0.3) is 0 Å². The van der Waals surface area contributed by atoms with E-state index in [-0.39, 0.29) is 12.5 Å². The van der Waals surface area contributed by atoms with Crippen molar-refractivity contribution in [1.82, 2.24) is 5.32 Å². The zero-order valence-electron chi connectivity index (χ0n) is 8.34. The molecule has 0 atom stereocenters. The highest BCUT2D eigenvalue weighted by Gasteiger charge is 2.23. The molecule has 1 aliphatic heterocycles. The monoisotopic (exact) mass is 229 g/mol. The van der Waals surface area contributed by atoms with Gasteiger partial charge in [-0.15, -0.1) is 0 Å². The van der Waals surface area contributed by atoms with Crippen LogP contribution in [0.1, 0.15) is 5.56 Å². The summed E-state index contributed by atoms with van der Waals surface area (Å²) >= 11 is 5.87. The van der Waals surface area contributed by atoms with Crippen LogP contribution in [0, 0.1) is 0 Å². The number of hydrogen-bond acceptors (Lipinski definition) is 4. The predicted octanol–water partition coefficient (Wildman–Crippen LogP) is 1.54. The van der Waals surface area contributed by atoms with E-state index in [1.54, 1.807) is 6.07 Å². The lowest BCUT2D eigenvalue weighted by Gasteiger charge is -2.09. The van der Waals surface area contributed by atoms with E-state index in [0.717, 1.165) is 6.54 Å². The molecule has 15 heavy (non-hydrogen) atoms. The van der Waals surface area contributed by atoms with E-state index in [1.165, 1.54) is 0 Å². The minimum Gasteiger partial charge on any atom is -0.506 e. The molecular formula is C10H12ClNO3. The highest BCUT2D eigenvalue weighted by atomic mass is 35.5. The summed E-state index contributed by atoms with van der Waals surface area (Å²) in [6.07, 6.45) is 0.647. The molecule has 0 unspecified atom stereocenters. The van der Waals surface area contributed by atoms with Gasteiger partial charge in [0.15, 0.2) is 11.5 Å². The molecule has 2 rings (SSSR count). The first-order chi connectivity index (χ1) is 7.24. The van der Waals surface area contributed by atoms with Crippen molar-refractivity contribution in [2.24, 2.45) is 0 Å². The van der Waals surface area contributed by atoms with Gasteiger partial charge in [-0.2, -0.15) is 0 Å². The van der Waals surface area contributed by atoms with E-state index in [1.807, 2.05) is 7.05 Å². The molecule has 5 heteroatoms. The predicted molar refractivity (Wildman–Crippen MR) is 56.9 cm³/mol. The van der Waals surface area contributed by atoms with E-state index in [4.69, 9.17) is 21.1 Å². The molecule has 0 aromatic heterocycles. The van der Waals surface area contributed by atoms with Crippen molar-refractivity contribution in [2.75, 3.05) is 20.4 Å². The molecule has 4 nitrogen and oxygen atoms in total. The molecule has 1 heterocycles. The second kappa shape index (κ2) is 4.16. The Hall–Kier alpha value is -1.13. The van der Waals surface area contributed by atoms with Gasteiger partial charge in [-0.25, -0.2) is 0 Å². The number of likely N-dealkylation sites (N-methyl/N-ethyl adjacent to an activating group) is 1. The Bertz CT molecular complexity index is 381. The molecule has 2 N–H and O–H groups in total. The minimum atomic E-state index is 0.0798. The lowest BCUT2D eigenvalue weighted by molar-refractivity contribution is 0.173. The van der Waals surface area contributed by atoms with Gasteiger partial charge in [0.2, 0.25) is 6.79 Å². The Morgan fingerprint density at radius 3 is 3.07 bits per heavy atom. The smallest absolute Gasteiger partial charge is 0.231 e. The summed E-state index contributed by atoms with van der Waals surface area (Å²) in [7, 11) is 1.85. The first-order valence-corrected chi connectivity index (χ1v) is 5.06. The van der Waals surface area contributed by atoms with Gasteiger partial charge in [-0.05, 0) is 20.0 Å². The van der Waals surface area contributed by atoms with Crippen LogP contribution in [0.3, 0.4) is 0 Å². The number of nitrogens with one attached hydrogen (secondary N) is 1. The molecular weight excluding hydrogens is 218 g/mol. The molecule has 0 bridgehead atoms. The Morgan fingerprint density at radius 1 is 1.53 bits per heavy atom. The number of phenolic OH excluding ortho intramolecular Hbond substituents is 1. The fraction of sp³-hybridized carbons (Fsp3) is 0.400. The van der Waals surface area contributed by atoms with Crippen LogP contribution >= 0.6 is 11.6 Å². The largest absolute Gasteiger partial charge is 0.506 e. The van der Waals surface area contributed by atoms with Crippen LogP contribution < -0.4 is 14.8 Å². The summed E-state index contributed by atoms with van der Waals surface area (Å²) in [5.41, 5.74) is 0.698. The average Bonchev–Trinajstić information content (AvgIpc) is 2.66. The minimum absolute atomic E-state index is 0.0798. The molecule has 1 aromatic rings. The van der Waals surface area contributed by atoms with Crippen molar-refractivity contribution in [1.29, 1.82) is 0 Å². The number of halogens is 1. The fourth-order valence-corrected chi connectivity index (χ4v) is 1.76. The van der Waals surface area contributed by atoms with Gasteiger partial charge in [-0.3, -0.25) is 0 Å². The average molecular weight is 230 g/mol. The molecule has 0 saturated carbocycles. The Morgan fingerprint density at radius 2 is 2.33 bits per heavy atom.